The van der Waals surface area contributed by atoms with E-state index < -0.39 is 0 Å². The average Bonchev–Trinajstić information content (AvgIpc) is 3.08. The Labute approximate surface area is 159 Å². The van der Waals surface area contributed by atoms with Crippen molar-refractivity contribution in [3.8, 4) is 5.75 Å². The third-order valence-electron chi connectivity index (χ3n) is 4.65. The van der Waals surface area contributed by atoms with E-state index in [-0.39, 0.29) is 23.7 Å². The van der Waals surface area contributed by atoms with Crippen LogP contribution in [0.15, 0.2) is 29.3 Å². The van der Waals surface area contributed by atoms with Gasteiger partial charge in [0.1, 0.15) is 5.75 Å². The molecular weight excluding hydrogens is 348 g/mol. The minimum absolute atomic E-state index is 0.152. The largest absolute Gasteiger partial charge is 0.497 e. The van der Waals surface area contributed by atoms with Gasteiger partial charge in [0, 0.05) is 38.8 Å². The molecule has 0 saturated carbocycles. The first-order chi connectivity index (χ1) is 13.0. The van der Waals surface area contributed by atoms with Crippen LogP contribution in [0, 0.1) is 11.8 Å². The van der Waals surface area contributed by atoms with Crippen LogP contribution in [0.5, 0.6) is 5.75 Å². The summed E-state index contributed by atoms with van der Waals surface area (Å²) in [5.41, 5.74) is 0.549. The predicted molar refractivity (Wildman–Crippen MR) is 103 cm³/mol. The second kappa shape index (κ2) is 9.80. The number of rotatable bonds is 6. The highest BCUT2D eigenvalue weighted by Crippen LogP contribution is 2.23. The van der Waals surface area contributed by atoms with E-state index >= 15 is 0 Å². The summed E-state index contributed by atoms with van der Waals surface area (Å²) in [5.74, 6) is 1.05. The molecule has 148 valence electrons. The third-order valence-corrected chi connectivity index (χ3v) is 4.65. The summed E-state index contributed by atoms with van der Waals surface area (Å²) < 4.78 is 10.00. The molecule has 2 unspecified atom stereocenters. The number of aliphatic imine (C=N–C) groups is 1. The fraction of sp³-hybridized carbons (Fsp3) is 0.526. The van der Waals surface area contributed by atoms with Crippen LogP contribution in [0.2, 0.25) is 0 Å². The minimum Gasteiger partial charge on any atom is -0.497 e. The molecule has 1 aliphatic heterocycles. The van der Waals surface area contributed by atoms with Crippen LogP contribution in [0.4, 0.5) is 0 Å². The molecule has 0 aliphatic carbocycles. The van der Waals surface area contributed by atoms with Crippen molar-refractivity contribution in [2.45, 2.75) is 6.92 Å². The lowest BCUT2D eigenvalue weighted by Crippen LogP contribution is -2.43. The fourth-order valence-electron chi connectivity index (χ4n) is 3.15. The molecule has 1 heterocycles. The van der Waals surface area contributed by atoms with E-state index in [4.69, 9.17) is 9.47 Å². The number of guanidine groups is 1. The molecular formula is C19H28N4O4. The summed E-state index contributed by atoms with van der Waals surface area (Å²) >= 11 is 0. The van der Waals surface area contributed by atoms with Gasteiger partial charge in [0.05, 0.1) is 20.1 Å². The highest BCUT2D eigenvalue weighted by molar-refractivity contribution is 5.94. The van der Waals surface area contributed by atoms with Crippen molar-refractivity contribution in [3.05, 3.63) is 29.8 Å². The number of benzene rings is 1. The number of esters is 1. The molecule has 2 rings (SSSR count). The second-order valence-electron chi connectivity index (χ2n) is 6.47. The molecule has 1 aliphatic rings. The quantitative estimate of drug-likeness (QED) is 0.329. The molecule has 1 aromatic carbocycles. The Bertz CT molecular complexity index is 692. The molecule has 1 amide bonds. The monoisotopic (exact) mass is 376 g/mol. The van der Waals surface area contributed by atoms with E-state index in [9.17, 15) is 9.59 Å². The van der Waals surface area contributed by atoms with E-state index in [0.29, 0.717) is 36.9 Å². The SMILES string of the molecule is CN=C(NCCNC(=O)c1cccc(OC)c1)N1CC(C)C(C(=O)OC)C1. The maximum absolute atomic E-state index is 12.2. The Morgan fingerprint density at radius 2 is 1.96 bits per heavy atom. The van der Waals surface area contributed by atoms with Gasteiger partial charge in [-0.3, -0.25) is 14.6 Å². The van der Waals surface area contributed by atoms with Crippen molar-refractivity contribution in [2.24, 2.45) is 16.8 Å². The lowest BCUT2D eigenvalue weighted by molar-refractivity contribution is -0.145. The molecule has 2 atom stereocenters. The van der Waals surface area contributed by atoms with Gasteiger partial charge >= 0.3 is 5.97 Å². The van der Waals surface area contributed by atoms with Crippen LogP contribution in [0.3, 0.4) is 0 Å². The highest BCUT2D eigenvalue weighted by atomic mass is 16.5. The zero-order valence-corrected chi connectivity index (χ0v) is 16.3. The fourth-order valence-corrected chi connectivity index (χ4v) is 3.15. The van der Waals surface area contributed by atoms with Crippen molar-refractivity contribution in [3.63, 3.8) is 0 Å². The van der Waals surface area contributed by atoms with Crippen molar-refractivity contribution in [1.29, 1.82) is 0 Å². The first-order valence-electron chi connectivity index (χ1n) is 8.95. The molecule has 27 heavy (non-hydrogen) atoms. The Balaban J connectivity index is 1.80. The Morgan fingerprint density at radius 3 is 2.63 bits per heavy atom. The third kappa shape index (κ3) is 5.35. The lowest BCUT2D eigenvalue weighted by Gasteiger charge is -2.21. The molecule has 2 N–H and O–H groups in total. The van der Waals surface area contributed by atoms with E-state index in [1.54, 1.807) is 38.4 Å². The number of nitrogens with zero attached hydrogens (tertiary/aromatic N) is 2. The lowest BCUT2D eigenvalue weighted by atomic mass is 9.99. The first kappa shape index (κ1) is 20.5. The van der Waals surface area contributed by atoms with Gasteiger partial charge in [0.2, 0.25) is 0 Å². The van der Waals surface area contributed by atoms with Crippen LogP contribution in [-0.4, -0.2) is 70.2 Å². The second-order valence-corrected chi connectivity index (χ2v) is 6.47. The van der Waals surface area contributed by atoms with Crippen molar-refractivity contribution < 1.29 is 19.1 Å². The highest BCUT2D eigenvalue weighted by Gasteiger charge is 2.36. The van der Waals surface area contributed by atoms with Crippen LogP contribution in [-0.2, 0) is 9.53 Å². The van der Waals surface area contributed by atoms with Gasteiger partial charge in [-0.05, 0) is 24.1 Å². The van der Waals surface area contributed by atoms with E-state index in [2.05, 4.69) is 15.6 Å². The standard InChI is InChI=1S/C19H28N4O4/c1-13-11-23(12-16(13)18(25)27-4)19(20-2)22-9-8-21-17(24)14-6-5-7-15(10-14)26-3/h5-7,10,13,16H,8-9,11-12H2,1-4H3,(H,20,22)(H,21,24). The number of carbonyl (C=O) groups is 2. The van der Waals surface area contributed by atoms with Gasteiger partial charge in [-0.25, -0.2) is 0 Å². The Morgan fingerprint density at radius 1 is 1.22 bits per heavy atom. The molecule has 1 saturated heterocycles. The maximum atomic E-state index is 12.2. The zero-order valence-electron chi connectivity index (χ0n) is 16.3. The van der Waals surface area contributed by atoms with Gasteiger partial charge in [-0.1, -0.05) is 13.0 Å². The molecule has 8 heteroatoms. The number of amides is 1. The van der Waals surface area contributed by atoms with Crippen LogP contribution in [0.25, 0.3) is 0 Å². The van der Waals surface area contributed by atoms with Gasteiger partial charge in [-0.2, -0.15) is 0 Å². The molecule has 0 bridgehead atoms. The number of carbonyl (C=O) groups excluding carboxylic acids is 2. The summed E-state index contributed by atoms with van der Waals surface area (Å²) in [7, 11) is 4.68. The number of methoxy groups -OCH3 is 2. The van der Waals surface area contributed by atoms with E-state index in [1.807, 2.05) is 11.8 Å². The number of likely N-dealkylation sites (tertiary alicyclic amines) is 1. The van der Waals surface area contributed by atoms with Gasteiger partial charge in [0.25, 0.3) is 5.91 Å². The van der Waals surface area contributed by atoms with Crippen molar-refractivity contribution >= 4 is 17.8 Å². The molecule has 1 fully saturated rings. The molecule has 0 aromatic heterocycles. The summed E-state index contributed by atoms with van der Waals surface area (Å²) in [4.78, 5) is 30.3. The molecule has 1 aromatic rings. The Kier molecular flexibility index (Phi) is 7.45. The van der Waals surface area contributed by atoms with Crippen LogP contribution in [0.1, 0.15) is 17.3 Å². The molecule has 8 nitrogen and oxygen atoms in total. The average molecular weight is 376 g/mol. The first-order valence-corrected chi connectivity index (χ1v) is 8.95. The van der Waals surface area contributed by atoms with Gasteiger partial charge < -0.3 is 25.0 Å². The van der Waals surface area contributed by atoms with Crippen molar-refractivity contribution in [1.82, 2.24) is 15.5 Å². The summed E-state index contributed by atoms with van der Waals surface area (Å²) in [6.45, 7) is 4.30. The molecule has 0 radical (unpaired) electrons. The Hall–Kier alpha value is -2.77. The number of nitrogens with one attached hydrogen (secondary N) is 2. The van der Waals surface area contributed by atoms with Gasteiger partial charge in [0.15, 0.2) is 5.96 Å². The number of ether oxygens (including phenoxy) is 2. The van der Waals surface area contributed by atoms with Crippen molar-refractivity contribution in [2.75, 3.05) is 47.4 Å². The van der Waals surface area contributed by atoms with E-state index in [0.717, 1.165) is 6.54 Å². The zero-order chi connectivity index (χ0) is 19.8. The summed E-state index contributed by atoms with van der Waals surface area (Å²) in [5, 5.41) is 6.08. The number of hydrogen-bond acceptors (Lipinski definition) is 5. The summed E-state index contributed by atoms with van der Waals surface area (Å²) in [6.07, 6.45) is 0. The van der Waals surface area contributed by atoms with Gasteiger partial charge in [-0.15, -0.1) is 0 Å². The van der Waals surface area contributed by atoms with Crippen LogP contribution < -0.4 is 15.4 Å². The molecule has 0 spiro atoms. The normalized spacial score (nSPS) is 19.6. The number of hydrogen-bond donors (Lipinski definition) is 2. The topological polar surface area (TPSA) is 92.3 Å². The predicted octanol–water partition coefficient (Wildman–Crippen LogP) is 0.741. The van der Waals surface area contributed by atoms with E-state index in [1.165, 1.54) is 7.11 Å². The minimum atomic E-state index is -0.189. The van der Waals surface area contributed by atoms with Crippen LogP contribution >= 0.6 is 0 Å². The summed E-state index contributed by atoms with van der Waals surface area (Å²) in [6, 6.07) is 7.00. The maximum Gasteiger partial charge on any atom is 0.310 e. The smallest absolute Gasteiger partial charge is 0.310 e.